The second kappa shape index (κ2) is 9.81. The molecule has 0 fully saturated rings. The van der Waals surface area contributed by atoms with Crippen molar-refractivity contribution >= 4 is 12.4 Å². The molecule has 0 unspecified atom stereocenters. The summed E-state index contributed by atoms with van der Waals surface area (Å²) in [6, 6.07) is 18.2. The van der Waals surface area contributed by atoms with Crippen LogP contribution in [-0.2, 0) is 12.0 Å². The van der Waals surface area contributed by atoms with Crippen LogP contribution in [0.5, 0.6) is 5.75 Å². The summed E-state index contributed by atoms with van der Waals surface area (Å²) in [4.78, 5) is 2.15. The molecular weight excluding hydrogens is 334 g/mol. The normalized spacial score (nSPS) is 14.5. The van der Waals surface area contributed by atoms with Gasteiger partial charge in [0.2, 0.25) is 0 Å². The minimum atomic E-state index is -0.894. The largest absolute Gasteiger partial charge is 0.497 e. The van der Waals surface area contributed by atoms with Crippen LogP contribution in [0.3, 0.4) is 0 Å². The molecule has 0 aliphatic rings. The molecule has 138 valence electrons. The van der Waals surface area contributed by atoms with E-state index >= 15 is 0 Å². The van der Waals surface area contributed by atoms with Crippen molar-refractivity contribution in [3.63, 3.8) is 0 Å². The van der Waals surface area contributed by atoms with Crippen molar-refractivity contribution in [1.29, 1.82) is 0 Å². The van der Waals surface area contributed by atoms with Gasteiger partial charge in [-0.2, -0.15) is 0 Å². The fourth-order valence-electron chi connectivity index (χ4n) is 3.34. The SMILES string of the molecule is CC[C@@](O)(c1cccc(OC)c1)[C@@H](Cc1ccccc1)CN(C)C.Cl. The van der Waals surface area contributed by atoms with Crippen LogP contribution < -0.4 is 4.74 Å². The summed E-state index contributed by atoms with van der Waals surface area (Å²) in [5, 5.41) is 11.6. The van der Waals surface area contributed by atoms with Crippen molar-refractivity contribution in [2.45, 2.75) is 25.4 Å². The highest BCUT2D eigenvalue weighted by Gasteiger charge is 2.37. The molecule has 2 aromatic rings. The summed E-state index contributed by atoms with van der Waals surface area (Å²) < 4.78 is 5.35. The number of ether oxygens (including phenoxy) is 1. The van der Waals surface area contributed by atoms with Crippen LogP contribution >= 0.6 is 12.4 Å². The van der Waals surface area contributed by atoms with Crippen molar-refractivity contribution in [2.24, 2.45) is 5.92 Å². The number of methoxy groups -OCH3 is 1. The van der Waals surface area contributed by atoms with E-state index < -0.39 is 5.60 Å². The maximum absolute atomic E-state index is 11.6. The van der Waals surface area contributed by atoms with Crippen molar-refractivity contribution in [1.82, 2.24) is 4.90 Å². The Bertz CT molecular complexity index is 633. The van der Waals surface area contributed by atoms with Gasteiger partial charge in [-0.05, 0) is 50.2 Å². The van der Waals surface area contributed by atoms with Crippen LogP contribution in [0.15, 0.2) is 54.6 Å². The Morgan fingerprint density at radius 1 is 1.08 bits per heavy atom. The molecule has 0 bridgehead atoms. The van der Waals surface area contributed by atoms with E-state index in [9.17, 15) is 5.11 Å². The maximum Gasteiger partial charge on any atom is 0.119 e. The summed E-state index contributed by atoms with van der Waals surface area (Å²) in [5.41, 5.74) is 1.28. The standard InChI is InChI=1S/C21H29NO2.ClH/c1-5-21(23,18-12-9-13-20(15-18)24-4)19(16-22(2)3)14-17-10-7-6-8-11-17;/h6-13,15,19,23H,5,14,16H2,1-4H3;1H/t19-,21+;/m0./s1. The molecule has 0 aromatic heterocycles. The lowest BCUT2D eigenvalue weighted by molar-refractivity contribution is -0.0367. The lowest BCUT2D eigenvalue weighted by Gasteiger charge is -2.38. The lowest BCUT2D eigenvalue weighted by atomic mass is 9.76. The first kappa shape index (κ1) is 21.5. The average molecular weight is 364 g/mol. The Morgan fingerprint density at radius 2 is 1.76 bits per heavy atom. The van der Waals surface area contributed by atoms with Crippen LogP contribution in [0.2, 0.25) is 0 Å². The predicted octanol–water partition coefficient (Wildman–Crippen LogP) is 4.14. The second-order valence-corrected chi connectivity index (χ2v) is 6.66. The molecule has 2 atom stereocenters. The number of aliphatic hydroxyl groups is 1. The van der Waals surface area contributed by atoms with Crippen molar-refractivity contribution in [3.8, 4) is 5.75 Å². The Hall–Kier alpha value is -1.55. The molecule has 0 saturated heterocycles. The number of halogens is 1. The first-order chi connectivity index (χ1) is 11.5. The zero-order chi connectivity index (χ0) is 17.6. The van der Waals surface area contributed by atoms with E-state index in [1.54, 1.807) is 7.11 Å². The van der Waals surface area contributed by atoms with Crippen LogP contribution in [-0.4, -0.2) is 37.8 Å². The quantitative estimate of drug-likeness (QED) is 0.765. The average Bonchev–Trinajstić information content (AvgIpc) is 2.61. The van der Waals surface area contributed by atoms with Crippen LogP contribution in [0.4, 0.5) is 0 Å². The highest BCUT2D eigenvalue weighted by atomic mass is 35.5. The van der Waals surface area contributed by atoms with E-state index in [0.29, 0.717) is 6.42 Å². The molecule has 25 heavy (non-hydrogen) atoms. The molecule has 4 heteroatoms. The first-order valence-electron chi connectivity index (χ1n) is 8.55. The van der Waals surface area contributed by atoms with Gasteiger partial charge in [0.15, 0.2) is 0 Å². The molecule has 0 radical (unpaired) electrons. The number of benzene rings is 2. The van der Waals surface area contributed by atoms with E-state index in [2.05, 4.69) is 43.3 Å². The lowest BCUT2D eigenvalue weighted by Crippen LogP contribution is -2.41. The van der Waals surface area contributed by atoms with Gasteiger partial charge < -0.3 is 14.7 Å². The van der Waals surface area contributed by atoms with E-state index in [1.165, 1.54) is 5.56 Å². The second-order valence-electron chi connectivity index (χ2n) is 6.66. The molecule has 1 N–H and O–H groups in total. The van der Waals surface area contributed by atoms with Gasteiger partial charge in [-0.15, -0.1) is 12.4 Å². The third-order valence-corrected chi connectivity index (χ3v) is 4.69. The van der Waals surface area contributed by atoms with E-state index in [0.717, 1.165) is 24.3 Å². The minimum absolute atomic E-state index is 0. The Morgan fingerprint density at radius 3 is 2.32 bits per heavy atom. The molecule has 0 spiro atoms. The van der Waals surface area contributed by atoms with Gasteiger partial charge in [-0.1, -0.05) is 49.4 Å². The van der Waals surface area contributed by atoms with Gasteiger partial charge in [0.1, 0.15) is 5.75 Å². The number of rotatable bonds is 8. The van der Waals surface area contributed by atoms with Gasteiger partial charge >= 0.3 is 0 Å². The number of hydrogen-bond acceptors (Lipinski definition) is 3. The van der Waals surface area contributed by atoms with Crippen molar-refractivity contribution in [2.75, 3.05) is 27.7 Å². The monoisotopic (exact) mass is 363 g/mol. The summed E-state index contributed by atoms with van der Waals surface area (Å²) in [6.07, 6.45) is 1.49. The minimum Gasteiger partial charge on any atom is -0.497 e. The summed E-state index contributed by atoms with van der Waals surface area (Å²) >= 11 is 0. The molecule has 0 heterocycles. The van der Waals surface area contributed by atoms with Crippen molar-refractivity contribution in [3.05, 3.63) is 65.7 Å². The van der Waals surface area contributed by atoms with Gasteiger partial charge in [0.25, 0.3) is 0 Å². The van der Waals surface area contributed by atoms with Gasteiger partial charge in [0, 0.05) is 12.5 Å². The zero-order valence-corrected chi connectivity index (χ0v) is 16.4. The highest BCUT2D eigenvalue weighted by molar-refractivity contribution is 5.85. The van der Waals surface area contributed by atoms with Crippen LogP contribution in [0.25, 0.3) is 0 Å². The van der Waals surface area contributed by atoms with E-state index in [1.807, 2.05) is 37.3 Å². The van der Waals surface area contributed by atoms with Gasteiger partial charge in [-0.3, -0.25) is 0 Å². The molecule has 0 aliphatic carbocycles. The van der Waals surface area contributed by atoms with Gasteiger partial charge in [0.05, 0.1) is 12.7 Å². The third kappa shape index (κ3) is 5.46. The Kier molecular flexibility index (Phi) is 8.43. The zero-order valence-electron chi connectivity index (χ0n) is 15.6. The Labute approximate surface area is 158 Å². The fraction of sp³-hybridized carbons (Fsp3) is 0.429. The third-order valence-electron chi connectivity index (χ3n) is 4.69. The molecule has 0 aliphatic heterocycles. The summed E-state index contributed by atoms with van der Waals surface area (Å²) in [6.45, 7) is 2.86. The van der Waals surface area contributed by atoms with Crippen molar-refractivity contribution < 1.29 is 9.84 Å². The molecule has 3 nitrogen and oxygen atoms in total. The maximum atomic E-state index is 11.6. The molecule has 0 amide bonds. The van der Waals surface area contributed by atoms with E-state index in [-0.39, 0.29) is 18.3 Å². The smallest absolute Gasteiger partial charge is 0.119 e. The molecule has 2 rings (SSSR count). The number of hydrogen-bond donors (Lipinski definition) is 1. The fourth-order valence-corrected chi connectivity index (χ4v) is 3.34. The summed E-state index contributed by atoms with van der Waals surface area (Å²) in [7, 11) is 5.77. The molecule has 0 saturated carbocycles. The van der Waals surface area contributed by atoms with Crippen LogP contribution in [0.1, 0.15) is 24.5 Å². The predicted molar refractivity (Wildman–Crippen MR) is 107 cm³/mol. The topological polar surface area (TPSA) is 32.7 Å². The highest BCUT2D eigenvalue weighted by Crippen LogP contribution is 2.37. The molecular formula is C21H30ClNO2. The van der Waals surface area contributed by atoms with Crippen LogP contribution in [0, 0.1) is 5.92 Å². The first-order valence-corrected chi connectivity index (χ1v) is 8.55. The van der Waals surface area contributed by atoms with Gasteiger partial charge in [-0.25, -0.2) is 0 Å². The Balaban J connectivity index is 0.00000312. The summed E-state index contributed by atoms with van der Waals surface area (Å²) in [5.74, 6) is 0.870. The number of nitrogens with zero attached hydrogens (tertiary/aromatic N) is 1. The molecule has 2 aromatic carbocycles. The van der Waals surface area contributed by atoms with E-state index in [4.69, 9.17) is 4.74 Å².